The molecular weight excluding hydrogens is 788 g/mol. The molecule has 0 bridgehead atoms. The molecule has 298 valence electrons. The van der Waals surface area contributed by atoms with Crippen LogP contribution in [0.1, 0.15) is 25.0 Å². The molecule has 0 saturated heterocycles. The molecule has 9 aromatic carbocycles. The topological polar surface area (TPSA) is 54.5 Å². The molecule has 5 heteroatoms. The van der Waals surface area contributed by atoms with Crippen molar-refractivity contribution in [3.63, 3.8) is 0 Å². The number of hydrogen-bond acceptors (Lipinski definition) is 3. The molecule has 2 aromatic heterocycles. The summed E-state index contributed by atoms with van der Waals surface area (Å²) in [7, 11) is 0. The maximum atomic E-state index is 6.48. The van der Waals surface area contributed by atoms with Gasteiger partial charge in [-0.1, -0.05) is 190 Å². The molecule has 0 unspecified atom stereocenters. The number of benzene rings is 9. The predicted octanol–water partition coefficient (Wildman–Crippen LogP) is 15.6. The van der Waals surface area contributed by atoms with Crippen LogP contribution in [0.3, 0.4) is 0 Å². The van der Waals surface area contributed by atoms with Gasteiger partial charge in [0.25, 0.3) is 0 Å². The molecule has 0 fully saturated rings. The van der Waals surface area contributed by atoms with Crippen molar-refractivity contribution in [1.82, 2.24) is 19.9 Å². The Bertz CT molecular complexity index is 3590. The minimum Gasteiger partial charge on any atom is -0.354 e. The summed E-state index contributed by atoms with van der Waals surface area (Å²) in [5.41, 5.74) is 18.6. The first kappa shape index (κ1) is 37.1. The van der Waals surface area contributed by atoms with Crippen LogP contribution in [0.25, 0.3) is 111 Å². The molecule has 63 heavy (non-hydrogen) atoms. The van der Waals surface area contributed by atoms with Gasteiger partial charge >= 0.3 is 0 Å². The lowest BCUT2D eigenvalue weighted by Gasteiger charge is -2.25. The molecular formula is C58H39ClN4. The number of aromatic amines is 1. The summed E-state index contributed by atoms with van der Waals surface area (Å²) < 4.78 is 0. The number of nitrogens with zero attached hydrogens (tertiary/aromatic N) is 3. The van der Waals surface area contributed by atoms with Crippen molar-refractivity contribution in [1.29, 1.82) is 0 Å². The Hall–Kier alpha value is -7.66. The second-order valence-corrected chi connectivity index (χ2v) is 17.4. The maximum absolute atomic E-state index is 6.48. The lowest BCUT2D eigenvalue weighted by Crippen LogP contribution is -2.16. The highest BCUT2D eigenvalue weighted by Crippen LogP contribution is 2.54. The zero-order valence-corrected chi connectivity index (χ0v) is 35.5. The van der Waals surface area contributed by atoms with E-state index >= 15 is 0 Å². The highest BCUT2D eigenvalue weighted by Gasteiger charge is 2.38. The average molecular weight is 827 g/mol. The average Bonchev–Trinajstić information content (AvgIpc) is 3.84. The second kappa shape index (κ2) is 14.5. The van der Waals surface area contributed by atoms with Crippen molar-refractivity contribution in [2.45, 2.75) is 19.3 Å². The number of rotatable bonds is 6. The minimum absolute atomic E-state index is 0.163. The van der Waals surface area contributed by atoms with E-state index in [1.165, 1.54) is 71.6 Å². The van der Waals surface area contributed by atoms with Crippen LogP contribution in [0, 0.1) is 0 Å². The summed E-state index contributed by atoms with van der Waals surface area (Å²) in [6.07, 6.45) is 0. The van der Waals surface area contributed by atoms with E-state index in [4.69, 9.17) is 16.6 Å². The summed E-state index contributed by atoms with van der Waals surface area (Å²) in [5, 5.41) is 5.24. The molecule has 0 atom stereocenters. The minimum atomic E-state index is -0.194. The number of H-pyrrole nitrogens is 1. The van der Waals surface area contributed by atoms with Crippen LogP contribution in [-0.2, 0) is 5.41 Å². The Labute approximate surface area is 370 Å². The fraction of sp³-hybridized carbons (Fsp3) is 0.0517. The van der Waals surface area contributed by atoms with E-state index in [1.54, 1.807) is 0 Å². The smallest absolute Gasteiger partial charge is 0.226 e. The Kier molecular flexibility index (Phi) is 8.53. The molecule has 0 saturated carbocycles. The predicted molar refractivity (Wildman–Crippen MR) is 262 cm³/mol. The molecule has 12 rings (SSSR count). The van der Waals surface area contributed by atoms with E-state index in [0.29, 0.717) is 11.6 Å². The highest BCUT2D eigenvalue weighted by atomic mass is 35.5. The highest BCUT2D eigenvalue weighted by molar-refractivity contribution is 6.28. The first-order chi connectivity index (χ1) is 30.9. The third-order valence-corrected chi connectivity index (χ3v) is 13.2. The Morgan fingerprint density at radius 2 is 0.937 bits per heavy atom. The van der Waals surface area contributed by atoms with Crippen molar-refractivity contribution >= 4 is 44.2 Å². The van der Waals surface area contributed by atoms with Crippen molar-refractivity contribution < 1.29 is 0 Å². The van der Waals surface area contributed by atoms with Gasteiger partial charge in [0.15, 0.2) is 11.6 Å². The molecule has 0 amide bonds. The summed E-state index contributed by atoms with van der Waals surface area (Å²) in [5.74, 6) is 1.08. The molecule has 11 aromatic rings. The molecule has 0 radical (unpaired) electrons. The normalized spacial score (nSPS) is 12.8. The van der Waals surface area contributed by atoms with Crippen LogP contribution in [0.4, 0.5) is 0 Å². The van der Waals surface area contributed by atoms with E-state index in [1.807, 2.05) is 30.3 Å². The Morgan fingerprint density at radius 1 is 0.413 bits per heavy atom. The van der Waals surface area contributed by atoms with Gasteiger partial charge in [-0.15, -0.1) is 0 Å². The zero-order chi connectivity index (χ0) is 42.2. The van der Waals surface area contributed by atoms with Gasteiger partial charge in [-0.2, -0.15) is 9.97 Å². The fourth-order valence-corrected chi connectivity index (χ4v) is 10.1. The van der Waals surface area contributed by atoms with Gasteiger partial charge in [0.05, 0.1) is 5.52 Å². The Morgan fingerprint density at radius 3 is 1.68 bits per heavy atom. The van der Waals surface area contributed by atoms with Crippen molar-refractivity contribution in [2.75, 3.05) is 0 Å². The van der Waals surface area contributed by atoms with Gasteiger partial charge in [-0.3, -0.25) is 0 Å². The molecule has 4 nitrogen and oxygen atoms in total. The molecule has 1 N–H and O–H groups in total. The first-order valence-corrected chi connectivity index (χ1v) is 21.7. The molecule has 2 heterocycles. The number of aromatic nitrogens is 4. The van der Waals surface area contributed by atoms with Gasteiger partial charge in [0.1, 0.15) is 0 Å². The third-order valence-electron chi connectivity index (χ3n) is 13.0. The van der Waals surface area contributed by atoms with E-state index in [0.717, 1.165) is 38.9 Å². The number of hydrogen-bond donors (Lipinski definition) is 1. The second-order valence-electron chi connectivity index (χ2n) is 17.0. The standard InChI is InChI=1S/C58H39ClN4/c1-58(2)50-31-29-43(34-49(50)46-18-9-17-45(53(46)58)47-19-10-20-48-52-44-16-7-6-13-38(44)30-32-51(52)60-54(47)48)42-15-8-14-41(33-42)37-23-27-40(28-24-37)56-61-55(62-57(59)63-56)39-25-21-36(22-26-39)35-11-4-3-5-12-35/h3-34,60H,1-2H3. The summed E-state index contributed by atoms with van der Waals surface area (Å²) >= 11 is 6.48. The first-order valence-electron chi connectivity index (χ1n) is 21.4. The van der Waals surface area contributed by atoms with Crippen LogP contribution in [0.2, 0.25) is 5.28 Å². The number of nitrogens with one attached hydrogen (secondary N) is 1. The van der Waals surface area contributed by atoms with E-state index in [2.05, 4.69) is 193 Å². The number of halogens is 1. The monoisotopic (exact) mass is 826 g/mol. The molecule has 1 aliphatic rings. The molecule has 0 spiro atoms. The van der Waals surface area contributed by atoms with Crippen molar-refractivity contribution in [2.24, 2.45) is 0 Å². The summed E-state index contributed by atoms with van der Waals surface area (Å²) in [6, 6.07) is 69.4. The SMILES string of the molecule is CC1(C)c2ccc(-c3cccc(-c4ccc(-c5nc(Cl)nc(-c6ccc(-c7ccccc7)cc6)n5)cc4)c3)cc2-c2cccc(-c3cccc4c3[nH]c3ccc5ccccc5c34)c21. The van der Waals surface area contributed by atoms with Gasteiger partial charge in [0.2, 0.25) is 5.28 Å². The van der Waals surface area contributed by atoms with E-state index < -0.39 is 0 Å². The van der Waals surface area contributed by atoms with Crippen LogP contribution in [0.15, 0.2) is 194 Å². The zero-order valence-electron chi connectivity index (χ0n) is 34.7. The summed E-state index contributed by atoms with van der Waals surface area (Å²) in [6.45, 7) is 4.75. The largest absolute Gasteiger partial charge is 0.354 e. The lowest BCUT2D eigenvalue weighted by molar-refractivity contribution is 0.662. The van der Waals surface area contributed by atoms with Crippen LogP contribution in [-0.4, -0.2) is 19.9 Å². The van der Waals surface area contributed by atoms with Gasteiger partial charge < -0.3 is 4.98 Å². The van der Waals surface area contributed by atoms with Crippen molar-refractivity contribution in [3.8, 4) is 78.4 Å². The van der Waals surface area contributed by atoms with Crippen LogP contribution >= 0.6 is 11.6 Å². The van der Waals surface area contributed by atoms with Gasteiger partial charge in [-0.05, 0) is 102 Å². The van der Waals surface area contributed by atoms with Gasteiger partial charge in [-0.25, -0.2) is 4.98 Å². The quantitative estimate of drug-likeness (QED) is 0.182. The summed E-state index contributed by atoms with van der Waals surface area (Å²) in [4.78, 5) is 17.6. The molecule has 0 aliphatic heterocycles. The third kappa shape index (κ3) is 6.17. The fourth-order valence-electron chi connectivity index (χ4n) is 9.96. The van der Waals surface area contributed by atoms with Crippen LogP contribution in [0.5, 0.6) is 0 Å². The maximum Gasteiger partial charge on any atom is 0.226 e. The van der Waals surface area contributed by atoms with Crippen LogP contribution < -0.4 is 0 Å². The van der Waals surface area contributed by atoms with E-state index in [9.17, 15) is 0 Å². The van der Waals surface area contributed by atoms with Gasteiger partial charge in [0, 0.05) is 38.4 Å². The van der Waals surface area contributed by atoms with Crippen molar-refractivity contribution in [3.05, 3.63) is 211 Å². The van der Waals surface area contributed by atoms with E-state index in [-0.39, 0.29) is 10.7 Å². The molecule has 1 aliphatic carbocycles. The Balaban J connectivity index is 0.860. The number of para-hydroxylation sites is 1. The lowest BCUT2D eigenvalue weighted by atomic mass is 9.78. The number of fused-ring (bicyclic) bond motifs is 8.